The second kappa shape index (κ2) is 4.73. The number of nitrogens with one attached hydrogen (secondary N) is 2. The van der Waals surface area contributed by atoms with Crippen molar-refractivity contribution in [2.75, 3.05) is 6.54 Å². The lowest BCUT2D eigenvalue weighted by Gasteiger charge is -2.18. The predicted octanol–water partition coefficient (Wildman–Crippen LogP) is -0.307. The van der Waals surface area contributed by atoms with Crippen molar-refractivity contribution in [1.29, 1.82) is 0 Å². The maximum absolute atomic E-state index is 12.9. The van der Waals surface area contributed by atoms with Crippen LogP contribution in [0.1, 0.15) is 12.0 Å². The number of halogens is 1. The van der Waals surface area contributed by atoms with E-state index in [1.54, 1.807) is 6.07 Å². The number of carbonyl (C=O) groups excluding carboxylic acids is 2. The van der Waals surface area contributed by atoms with E-state index >= 15 is 0 Å². The Balaban J connectivity index is 1.98. The molecule has 3 N–H and O–H groups in total. The van der Waals surface area contributed by atoms with Crippen LogP contribution >= 0.6 is 0 Å². The van der Waals surface area contributed by atoms with Crippen molar-refractivity contribution >= 4 is 11.8 Å². The Kier molecular flexibility index (Phi) is 3.29. The summed E-state index contributed by atoms with van der Waals surface area (Å²) in [6.07, 6.45) is 0.0425. The number of aliphatic hydroxyl groups is 1. The molecule has 0 spiro atoms. The minimum Gasteiger partial charge on any atom is -0.372 e. The molecule has 0 radical (unpaired) electrons. The average Bonchev–Trinajstić information content (AvgIpc) is 2.68. The molecule has 0 saturated carbocycles. The van der Waals surface area contributed by atoms with Gasteiger partial charge in [-0.05, 0) is 17.7 Å². The third-order valence-electron chi connectivity index (χ3n) is 2.87. The van der Waals surface area contributed by atoms with Crippen LogP contribution in [0.2, 0.25) is 0 Å². The summed E-state index contributed by atoms with van der Waals surface area (Å²) in [6.45, 7) is 0.328. The van der Waals surface area contributed by atoms with Crippen LogP contribution < -0.4 is 10.6 Å². The summed E-state index contributed by atoms with van der Waals surface area (Å²) in [6, 6.07) is 5.73. The van der Waals surface area contributed by atoms with Crippen LogP contribution in [0.15, 0.2) is 24.3 Å². The average molecular weight is 252 g/mol. The summed E-state index contributed by atoms with van der Waals surface area (Å²) >= 11 is 0. The molecule has 2 rings (SSSR count). The van der Waals surface area contributed by atoms with E-state index in [-0.39, 0.29) is 19.5 Å². The first kappa shape index (κ1) is 12.5. The van der Waals surface area contributed by atoms with Gasteiger partial charge in [0, 0.05) is 19.5 Å². The van der Waals surface area contributed by atoms with Crippen LogP contribution in [0.25, 0.3) is 0 Å². The fourth-order valence-electron chi connectivity index (χ4n) is 1.81. The van der Waals surface area contributed by atoms with E-state index in [9.17, 15) is 19.1 Å². The lowest BCUT2D eigenvalue weighted by Crippen LogP contribution is -2.51. The molecule has 1 saturated heterocycles. The monoisotopic (exact) mass is 252 g/mol. The predicted molar refractivity (Wildman–Crippen MR) is 60.8 cm³/mol. The highest BCUT2D eigenvalue weighted by Crippen LogP contribution is 2.16. The molecule has 2 amide bonds. The largest absolute Gasteiger partial charge is 0.372 e. The van der Waals surface area contributed by atoms with Crippen LogP contribution in [-0.2, 0) is 16.1 Å². The van der Waals surface area contributed by atoms with Gasteiger partial charge < -0.3 is 15.7 Å². The van der Waals surface area contributed by atoms with E-state index in [0.29, 0.717) is 5.56 Å². The molecule has 1 unspecified atom stereocenters. The summed E-state index contributed by atoms with van der Waals surface area (Å²) in [5.74, 6) is -1.86. The molecular weight excluding hydrogens is 239 g/mol. The number of hydrogen-bond donors (Lipinski definition) is 3. The minimum atomic E-state index is -2.01. The van der Waals surface area contributed by atoms with Crippen LogP contribution in [0, 0.1) is 5.82 Å². The van der Waals surface area contributed by atoms with Crippen molar-refractivity contribution in [3.63, 3.8) is 0 Å². The van der Waals surface area contributed by atoms with Crippen molar-refractivity contribution in [2.24, 2.45) is 0 Å². The van der Waals surface area contributed by atoms with Gasteiger partial charge in [-0.2, -0.15) is 0 Å². The highest BCUT2D eigenvalue weighted by molar-refractivity contribution is 6.09. The molecular formula is C12H13FN2O3. The number of carbonyl (C=O) groups is 2. The van der Waals surface area contributed by atoms with Crippen molar-refractivity contribution in [3.8, 4) is 0 Å². The summed E-state index contributed by atoms with van der Waals surface area (Å²) in [5, 5.41) is 14.7. The smallest absolute Gasteiger partial charge is 0.262 e. The second-order valence-electron chi connectivity index (χ2n) is 4.18. The van der Waals surface area contributed by atoms with E-state index in [0.717, 1.165) is 0 Å². The normalized spacial score (nSPS) is 22.7. The number of hydrogen-bond acceptors (Lipinski definition) is 3. The summed E-state index contributed by atoms with van der Waals surface area (Å²) in [5.41, 5.74) is -1.45. The molecule has 1 aliphatic rings. The lowest BCUT2D eigenvalue weighted by atomic mass is 10.0. The van der Waals surface area contributed by atoms with E-state index in [2.05, 4.69) is 10.6 Å². The van der Waals surface area contributed by atoms with Gasteiger partial charge in [-0.3, -0.25) is 9.59 Å². The van der Waals surface area contributed by atoms with Crippen molar-refractivity contribution in [2.45, 2.75) is 18.6 Å². The van der Waals surface area contributed by atoms with Crippen molar-refractivity contribution in [3.05, 3.63) is 35.6 Å². The zero-order valence-electron chi connectivity index (χ0n) is 9.57. The van der Waals surface area contributed by atoms with E-state index < -0.39 is 23.2 Å². The molecule has 5 nitrogen and oxygen atoms in total. The van der Waals surface area contributed by atoms with Crippen molar-refractivity contribution in [1.82, 2.24) is 10.6 Å². The first-order chi connectivity index (χ1) is 8.52. The highest BCUT2D eigenvalue weighted by atomic mass is 19.1. The summed E-state index contributed by atoms with van der Waals surface area (Å²) in [7, 11) is 0. The molecule has 0 aromatic heterocycles. The SMILES string of the molecule is O=C1NCCC1(O)C(=O)NCc1cccc(F)c1. The number of rotatable bonds is 3. The van der Waals surface area contributed by atoms with Crippen molar-refractivity contribution < 1.29 is 19.1 Å². The third-order valence-corrected chi connectivity index (χ3v) is 2.87. The molecule has 1 aliphatic heterocycles. The molecule has 96 valence electrons. The van der Waals surface area contributed by atoms with Gasteiger partial charge in [-0.25, -0.2) is 4.39 Å². The summed E-state index contributed by atoms with van der Waals surface area (Å²) < 4.78 is 12.9. The van der Waals surface area contributed by atoms with Gasteiger partial charge in [0.25, 0.3) is 11.8 Å². The summed E-state index contributed by atoms with van der Waals surface area (Å²) in [4.78, 5) is 23.0. The van der Waals surface area contributed by atoms with E-state index in [4.69, 9.17) is 0 Å². The molecule has 1 fully saturated rings. The topological polar surface area (TPSA) is 78.4 Å². The maximum atomic E-state index is 12.9. The lowest BCUT2D eigenvalue weighted by molar-refractivity contribution is -0.150. The van der Waals surface area contributed by atoms with Gasteiger partial charge in [-0.1, -0.05) is 12.1 Å². The highest BCUT2D eigenvalue weighted by Gasteiger charge is 2.47. The zero-order chi connectivity index (χ0) is 13.2. The van der Waals surface area contributed by atoms with E-state index in [1.165, 1.54) is 18.2 Å². The first-order valence-electron chi connectivity index (χ1n) is 5.56. The van der Waals surface area contributed by atoms with Gasteiger partial charge in [0.05, 0.1) is 0 Å². The van der Waals surface area contributed by atoms with Gasteiger partial charge in [0.2, 0.25) is 5.60 Å². The Morgan fingerprint density at radius 2 is 2.33 bits per heavy atom. The van der Waals surface area contributed by atoms with Crippen LogP contribution in [0.4, 0.5) is 4.39 Å². The molecule has 6 heteroatoms. The first-order valence-corrected chi connectivity index (χ1v) is 5.56. The fraction of sp³-hybridized carbons (Fsp3) is 0.333. The quantitative estimate of drug-likeness (QED) is 0.646. The van der Waals surface area contributed by atoms with Gasteiger partial charge >= 0.3 is 0 Å². The molecule has 1 heterocycles. The van der Waals surface area contributed by atoms with Crippen LogP contribution in [0.3, 0.4) is 0 Å². The molecule has 1 aromatic carbocycles. The van der Waals surface area contributed by atoms with Gasteiger partial charge in [0.15, 0.2) is 0 Å². The standard InChI is InChI=1S/C12H13FN2O3/c13-9-3-1-2-8(6-9)7-15-11(17)12(18)4-5-14-10(12)16/h1-3,6,18H,4-5,7H2,(H,14,16)(H,15,17). The Hall–Kier alpha value is -1.95. The minimum absolute atomic E-state index is 0.0425. The number of amides is 2. The number of benzene rings is 1. The van der Waals surface area contributed by atoms with Crippen LogP contribution in [0.5, 0.6) is 0 Å². The van der Waals surface area contributed by atoms with E-state index in [1.807, 2.05) is 0 Å². The molecule has 0 bridgehead atoms. The van der Waals surface area contributed by atoms with Crippen LogP contribution in [-0.4, -0.2) is 29.1 Å². The Morgan fingerprint density at radius 3 is 2.94 bits per heavy atom. The molecule has 18 heavy (non-hydrogen) atoms. The zero-order valence-corrected chi connectivity index (χ0v) is 9.57. The Morgan fingerprint density at radius 1 is 1.56 bits per heavy atom. The molecule has 1 atom stereocenters. The maximum Gasteiger partial charge on any atom is 0.262 e. The second-order valence-corrected chi connectivity index (χ2v) is 4.18. The van der Waals surface area contributed by atoms with Gasteiger partial charge in [-0.15, -0.1) is 0 Å². The molecule has 0 aliphatic carbocycles. The fourth-order valence-corrected chi connectivity index (χ4v) is 1.81. The molecule has 1 aromatic rings. The Bertz CT molecular complexity index is 492. The Labute approximate surface area is 103 Å². The van der Waals surface area contributed by atoms with Gasteiger partial charge in [0.1, 0.15) is 5.82 Å². The third kappa shape index (κ3) is 2.33.